The van der Waals surface area contributed by atoms with Gasteiger partial charge < -0.3 is 15.2 Å². The predicted molar refractivity (Wildman–Crippen MR) is 169 cm³/mol. The van der Waals surface area contributed by atoms with Crippen LogP contribution in [-0.4, -0.2) is 52.8 Å². The summed E-state index contributed by atoms with van der Waals surface area (Å²) in [6.45, 7) is 4.20. The standard InChI is InChI=1S/C37H52N2O3/c1-2-27-16-19-35-32(23-27)29(25-37(42-35)20-8-9-21-37)17-18-34(40)33(24-28-11-4-3-5-12-28)38-36(41)30-13-10-22-39(26-30)31-14-6-7-15-31/h3-5,11-12,16,19,23,29-31,33-34,40H,2,6-10,13-15,17-18,20-22,24-26H2,1H3,(H,38,41)/t29-,30?,33-,34+/m0/s1. The van der Waals surface area contributed by atoms with Gasteiger partial charge in [-0.05, 0) is 119 Å². The van der Waals surface area contributed by atoms with E-state index in [1.54, 1.807) is 0 Å². The normalized spacial score (nSPS) is 25.6. The van der Waals surface area contributed by atoms with Crippen molar-refractivity contribution in [1.82, 2.24) is 10.2 Å². The number of likely N-dealkylation sites (tertiary alicyclic amines) is 1. The summed E-state index contributed by atoms with van der Waals surface area (Å²) in [4.78, 5) is 16.3. The fourth-order valence-electron chi connectivity index (χ4n) is 8.49. The number of fused-ring (bicyclic) bond motifs is 1. The molecule has 228 valence electrons. The van der Waals surface area contributed by atoms with Crippen molar-refractivity contribution in [3.05, 3.63) is 65.2 Å². The summed E-state index contributed by atoms with van der Waals surface area (Å²) in [7, 11) is 0. The lowest BCUT2D eigenvalue weighted by Gasteiger charge is -2.41. The van der Waals surface area contributed by atoms with Gasteiger partial charge in [0.15, 0.2) is 0 Å². The smallest absolute Gasteiger partial charge is 0.224 e. The molecule has 2 aliphatic heterocycles. The molecule has 5 nitrogen and oxygen atoms in total. The fraction of sp³-hybridized carbons (Fsp3) is 0.649. The lowest BCUT2D eigenvalue weighted by molar-refractivity contribution is -0.128. The van der Waals surface area contributed by atoms with Crippen LogP contribution in [0.5, 0.6) is 5.75 Å². The van der Waals surface area contributed by atoms with Gasteiger partial charge in [0.2, 0.25) is 5.91 Å². The Morgan fingerprint density at radius 2 is 1.81 bits per heavy atom. The molecule has 1 spiro atoms. The zero-order chi connectivity index (χ0) is 28.9. The number of aliphatic hydroxyl groups is 1. The molecular formula is C37H52N2O3. The van der Waals surface area contributed by atoms with E-state index in [0.29, 0.717) is 24.8 Å². The van der Waals surface area contributed by atoms with Gasteiger partial charge in [0.05, 0.1) is 18.1 Å². The number of rotatable bonds is 10. The van der Waals surface area contributed by atoms with Crippen molar-refractivity contribution in [3.8, 4) is 5.75 Å². The summed E-state index contributed by atoms with van der Waals surface area (Å²) in [6.07, 6.45) is 15.7. The van der Waals surface area contributed by atoms with Crippen LogP contribution in [0.4, 0.5) is 0 Å². The number of benzene rings is 2. The van der Waals surface area contributed by atoms with Crippen LogP contribution in [0, 0.1) is 5.92 Å². The van der Waals surface area contributed by atoms with E-state index in [1.165, 1.54) is 49.7 Å². The molecule has 0 aromatic heterocycles. The Morgan fingerprint density at radius 1 is 1.02 bits per heavy atom. The molecule has 2 N–H and O–H groups in total. The number of aliphatic hydroxyl groups excluding tert-OH is 1. The highest BCUT2D eigenvalue weighted by molar-refractivity contribution is 5.79. The first kappa shape index (κ1) is 29.7. The first-order chi connectivity index (χ1) is 20.5. The molecular weight excluding hydrogens is 520 g/mol. The summed E-state index contributed by atoms with van der Waals surface area (Å²) in [5.41, 5.74) is 3.78. The van der Waals surface area contributed by atoms with Gasteiger partial charge in [-0.25, -0.2) is 0 Å². The minimum absolute atomic E-state index is 0.0156. The molecule has 2 saturated carbocycles. The molecule has 42 heavy (non-hydrogen) atoms. The number of carbonyl (C=O) groups is 1. The topological polar surface area (TPSA) is 61.8 Å². The van der Waals surface area contributed by atoms with Gasteiger partial charge in [-0.3, -0.25) is 9.69 Å². The molecule has 1 saturated heterocycles. The van der Waals surface area contributed by atoms with Crippen molar-refractivity contribution in [1.29, 1.82) is 0 Å². The van der Waals surface area contributed by atoms with Gasteiger partial charge in [-0.15, -0.1) is 0 Å². The van der Waals surface area contributed by atoms with Crippen molar-refractivity contribution in [3.63, 3.8) is 0 Å². The van der Waals surface area contributed by atoms with Gasteiger partial charge in [-0.2, -0.15) is 0 Å². The zero-order valence-corrected chi connectivity index (χ0v) is 25.7. The second kappa shape index (κ2) is 13.5. The van der Waals surface area contributed by atoms with Gasteiger partial charge in [0.25, 0.3) is 0 Å². The second-order valence-electron chi connectivity index (χ2n) is 13.8. The highest BCUT2D eigenvalue weighted by Gasteiger charge is 2.43. The van der Waals surface area contributed by atoms with Crippen LogP contribution < -0.4 is 10.1 Å². The lowest BCUT2D eigenvalue weighted by atomic mass is 9.78. The molecule has 0 radical (unpaired) electrons. The number of nitrogens with zero attached hydrogens (tertiary/aromatic N) is 1. The third-order valence-electron chi connectivity index (χ3n) is 10.9. The lowest BCUT2D eigenvalue weighted by Crippen LogP contribution is -2.51. The van der Waals surface area contributed by atoms with Crippen LogP contribution >= 0.6 is 0 Å². The predicted octanol–water partition coefficient (Wildman–Crippen LogP) is 6.95. The summed E-state index contributed by atoms with van der Waals surface area (Å²) in [5, 5.41) is 15.1. The first-order valence-electron chi connectivity index (χ1n) is 17.1. The number of nitrogens with one attached hydrogen (secondary N) is 1. The van der Waals surface area contributed by atoms with Crippen LogP contribution in [0.15, 0.2) is 48.5 Å². The summed E-state index contributed by atoms with van der Waals surface area (Å²) >= 11 is 0. The minimum atomic E-state index is -0.594. The molecule has 1 amide bonds. The Hall–Kier alpha value is -2.37. The SMILES string of the molecule is CCc1ccc2c(c1)[C@@H](CC[C@@H](O)[C@H](Cc1ccccc1)NC(=O)C1CCCN(C3CCCC3)C1)CC1(CCCC1)O2. The monoisotopic (exact) mass is 572 g/mol. The van der Waals surface area contributed by atoms with E-state index in [1.807, 2.05) is 18.2 Å². The van der Waals surface area contributed by atoms with E-state index < -0.39 is 6.10 Å². The van der Waals surface area contributed by atoms with Crippen LogP contribution in [0.3, 0.4) is 0 Å². The molecule has 3 fully saturated rings. The molecule has 2 aromatic rings. The van der Waals surface area contributed by atoms with Crippen molar-refractivity contribution in [2.24, 2.45) is 5.92 Å². The molecule has 1 unspecified atom stereocenters. The highest BCUT2D eigenvalue weighted by Crippen LogP contribution is 2.49. The molecule has 6 rings (SSSR count). The maximum atomic E-state index is 13.7. The number of carbonyl (C=O) groups excluding carboxylic acids is 1. The molecule has 4 atom stereocenters. The third kappa shape index (κ3) is 6.89. The Labute approximate surface area is 253 Å². The van der Waals surface area contributed by atoms with E-state index in [9.17, 15) is 9.90 Å². The number of aryl methyl sites for hydroxylation is 1. The van der Waals surface area contributed by atoms with Crippen LogP contribution in [-0.2, 0) is 17.6 Å². The summed E-state index contributed by atoms with van der Waals surface area (Å²) in [5.74, 6) is 1.57. The van der Waals surface area contributed by atoms with Crippen molar-refractivity contribution < 1.29 is 14.6 Å². The molecule has 4 aliphatic rings. The second-order valence-corrected chi connectivity index (χ2v) is 13.8. The molecule has 2 aromatic carbocycles. The average molecular weight is 573 g/mol. The summed E-state index contributed by atoms with van der Waals surface area (Å²) < 4.78 is 6.69. The van der Waals surface area contributed by atoms with E-state index >= 15 is 0 Å². The molecule has 5 heteroatoms. The van der Waals surface area contributed by atoms with Gasteiger partial charge >= 0.3 is 0 Å². The number of amides is 1. The molecule has 2 aliphatic carbocycles. The van der Waals surface area contributed by atoms with Crippen LogP contribution in [0.25, 0.3) is 0 Å². The average Bonchev–Trinajstić information content (AvgIpc) is 3.73. The Bertz CT molecular complexity index is 1170. The highest BCUT2D eigenvalue weighted by atomic mass is 16.5. The number of hydrogen-bond acceptors (Lipinski definition) is 4. The molecule has 0 bridgehead atoms. The third-order valence-corrected chi connectivity index (χ3v) is 10.9. The number of piperidine rings is 1. The Morgan fingerprint density at radius 3 is 2.57 bits per heavy atom. The maximum Gasteiger partial charge on any atom is 0.224 e. The van der Waals surface area contributed by atoms with Gasteiger partial charge in [-0.1, -0.05) is 62.2 Å². The first-order valence-corrected chi connectivity index (χ1v) is 17.1. The van der Waals surface area contributed by atoms with Gasteiger partial charge in [0.1, 0.15) is 11.4 Å². The van der Waals surface area contributed by atoms with Crippen molar-refractivity contribution in [2.75, 3.05) is 13.1 Å². The van der Waals surface area contributed by atoms with E-state index in [2.05, 4.69) is 47.5 Å². The summed E-state index contributed by atoms with van der Waals surface area (Å²) in [6, 6.07) is 17.5. The number of ether oxygens (including phenoxy) is 1. The van der Waals surface area contributed by atoms with Crippen LogP contribution in [0.2, 0.25) is 0 Å². The van der Waals surface area contributed by atoms with Crippen molar-refractivity contribution in [2.45, 2.75) is 133 Å². The van der Waals surface area contributed by atoms with E-state index in [4.69, 9.17) is 4.74 Å². The largest absolute Gasteiger partial charge is 0.487 e. The van der Waals surface area contributed by atoms with E-state index in [0.717, 1.165) is 69.3 Å². The number of hydrogen-bond donors (Lipinski definition) is 2. The fourth-order valence-corrected chi connectivity index (χ4v) is 8.49. The maximum absolute atomic E-state index is 13.7. The Kier molecular flexibility index (Phi) is 9.55. The Balaban J connectivity index is 1.15. The van der Waals surface area contributed by atoms with Gasteiger partial charge in [0, 0.05) is 12.6 Å². The minimum Gasteiger partial charge on any atom is -0.487 e. The van der Waals surface area contributed by atoms with Crippen molar-refractivity contribution >= 4 is 5.91 Å². The molecule has 2 heterocycles. The zero-order valence-electron chi connectivity index (χ0n) is 25.7. The quantitative estimate of drug-likeness (QED) is 0.323. The van der Waals surface area contributed by atoms with Crippen LogP contribution in [0.1, 0.15) is 113 Å². The van der Waals surface area contributed by atoms with E-state index in [-0.39, 0.29) is 23.5 Å².